The van der Waals surface area contributed by atoms with E-state index in [1.54, 1.807) is 18.1 Å². The summed E-state index contributed by atoms with van der Waals surface area (Å²) in [5.74, 6) is 0.663. The maximum atomic E-state index is 12.6. The van der Waals surface area contributed by atoms with Crippen LogP contribution in [0.5, 0.6) is 5.75 Å². The first-order valence-corrected chi connectivity index (χ1v) is 9.11. The fraction of sp³-hybridized carbons (Fsp3) is 0.400. The fourth-order valence-electron chi connectivity index (χ4n) is 3.14. The number of benzene rings is 1. The molecule has 0 radical (unpaired) electrons. The molecule has 1 aliphatic heterocycles. The van der Waals surface area contributed by atoms with Gasteiger partial charge in [-0.3, -0.25) is 9.59 Å². The van der Waals surface area contributed by atoms with E-state index in [9.17, 15) is 9.59 Å². The number of anilines is 2. The van der Waals surface area contributed by atoms with Crippen LogP contribution in [-0.2, 0) is 16.1 Å². The molecule has 0 saturated carbocycles. The average Bonchev–Trinajstić information content (AvgIpc) is 3.07. The largest absolute Gasteiger partial charge is 0.497 e. The highest BCUT2D eigenvalue weighted by molar-refractivity contribution is 6.00. The Morgan fingerprint density at radius 2 is 2.11 bits per heavy atom. The second-order valence-electron chi connectivity index (χ2n) is 7.02. The first-order valence-electron chi connectivity index (χ1n) is 9.11. The van der Waals surface area contributed by atoms with Crippen LogP contribution < -0.4 is 19.9 Å². The maximum absolute atomic E-state index is 12.6. The van der Waals surface area contributed by atoms with Crippen LogP contribution in [0.25, 0.3) is 0 Å². The average molecular weight is 383 g/mol. The van der Waals surface area contributed by atoms with E-state index in [4.69, 9.17) is 4.74 Å². The van der Waals surface area contributed by atoms with Crippen molar-refractivity contribution in [3.8, 4) is 5.75 Å². The van der Waals surface area contributed by atoms with Gasteiger partial charge in [0.2, 0.25) is 17.8 Å². The first kappa shape index (κ1) is 19.6. The van der Waals surface area contributed by atoms with Crippen molar-refractivity contribution in [3.63, 3.8) is 0 Å². The standard InChI is InChI=1S/C20H25N5O3/c1-13-8-15(23-20(22-13)24(2)3)11-21-19(27)14-9-18(26)25(12-14)16-6-5-7-17(10-16)28-4/h5-8,10,14H,9,11-12H2,1-4H3,(H,21,27). The van der Waals surface area contributed by atoms with Crippen molar-refractivity contribution in [1.29, 1.82) is 0 Å². The summed E-state index contributed by atoms with van der Waals surface area (Å²) < 4.78 is 5.21. The number of methoxy groups -OCH3 is 1. The van der Waals surface area contributed by atoms with Crippen molar-refractivity contribution in [2.24, 2.45) is 5.92 Å². The summed E-state index contributed by atoms with van der Waals surface area (Å²) >= 11 is 0. The third-order valence-electron chi connectivity index (χ3n) is 4.60. The van der Waals surface area contributed by atoms with Gasteiger partial charge in [0, 0.05) is 44.5 Å². The molecule has 1 fully saturated rings. The molecule has 1 unspecified atom stereocenters. The van der Waals surface area contributed by atoms with Crippen LogP contribution in [0.4, 0.5) is 11.6 Å². The Morgan fingerprint density at radius 3 is 2.82 bits per heavy atom. The molecule has 2 aromatic rings. The predicted molar refractivity (Wildman–Crippen MR) is 106 cm³/mol. The van der Waals surface area contributed by atoms with Crippen LogP contribution in [0.2, 0.25) is 0 Å². The molecule has 28 heavy (non-hydrogen) atoms. The zero-order valence-corrected chi connectivity index (χ0v) is 16.6. The molecule has 1 atom stereocenters. The molecule has 8 nitrogen and oxygen atoms in total. The SMILES string of the molecule is COc1cccc(N2CC(C(=O)NCc3cc(C)nc(N(C)C)n3)CC2=O)c1. The Kier molecular flexibility index (Phi) is 5.77. The fourth-order valence-corrected chi connectivity index (χ4v) is 3.14. The summed E-state index contributed by atoms with van der Waals surface area (Å²) in [4.78, 5) is 37.2. The van der Waals surface area contributed by atoms with Crippen LogP contribution in [-0.4, -0.2) is 49.5 Å². The van der Waals surface area contributed by atoms with Gasteiger partial charge in [0.25, 0.3) is 0 Å². The van der Waals surface area contributed by atoms with Gasteiger partial charge in [-0.25, -0.2) is 9.97 Å². The van der Waals surface area contributed by atoms with E-state index in [2.05, 4.69) is 15.3 Å². The molecule has 1 aromatic carbocycles. The Balaban J connectivity index is 1.63. The van der Waals surface area contributed by atoms with Crippen molar-refractivity contribution < 1.29 is 14.3 Å². The molecule has 2 heterocycles. The van der Waals surface area contributed by atoms with E-state index in [0.29, 0.717) is 24.8 Å². The summed E-state index contributed by atoms with van der Waals surface area (Å²) in [5, 5.41) is 2.90. The molecule has 148 valence electrons. The van der Waals surface area contributed by atoms with Crippen molar-refractivity contribution in [2.75, 3.05) is 37.5 Å². The van der Waals surface area contributed by atoms with Gasteiger partial charge in [0.15, 0.2) is 0 Å². The number of carbonyl (C=O) groups is 2. The van der Waals surface area contributed by atoms with Crippen molar-refractivity contribution in [3.05, 3.63) is 41.7 Å². The van der Waals surface area contributed by atoms with E-state index in [0.717, 1.165) is 17.1 Å². The van der Waals surface area contributed by atoms with E-state index in [1.165, 1.54) is 0 Å². The minimum absolute atomic E-state index is 0.0684. The number of nitrogens with zero attached hydrogens (tertiary/aromatic N) is 4. The summed E-state index contributed by atoms with van der Waals surface area (Å²) in [6, 6.07) is 9.13. The number of nitrogens with one attached hydrogen (secondary N) is 1. The van der Waals surface area contributed by atoms with Crippen molar-refractivity contribution in [2.45, 2.75) is 19.9 Å². The lowest BCUT2D eigenvalue weighted by Crippen LogP contribution is -2.33. The molecule has 1 aliphatic rings. The van der Waals surface area contributed by atoms with Crippen LogP contribution in [0.3, 0.4) is 0 Å². The number of aromatic nitrogens is 2. The highest BCUT2D eigenvalue weighted by Gasteiger charge is 2.35. The Labute approximate surface area is 164 Å². The summed E-state index contributed by atoms with van der Waals surface area (Å²) in [5.41, 5.74) is 2.31. The molecular weight excluding hydrogens is 358 g/mol. The minimum atomic E-state index is -0.394. The van der Waals surface area contributed by atoms with Gasteiger partial charge in [-0.15, -0.1) is 0 Å². The molecule has 1 N–H and O–H groups in total. The quantitative estimate of drug-likeness (QED) is 0.814. The molecule has 0 bridgehead atoms. The Hall–Kier alpha value is -3.16. The summed E-state index contributed by atoms with van der Waals surface area (Å²) in [6.07, 6.45) is 0.189. The molecule has 1 aromatic heterocycles. The molecule has 2 amide bonds. The van der Waals surface area contributed by atoms with Crippen LogP contribution in [0, 0.1) is 12.8 Å². The smallest absolute Gasteiger partial charge is 0.227 e. The number of amides is 2. The molecule has 0 aliphatic carbocycles. The van der Waals surface area contributed by atoms with Crippen molar-refractivity contribution >= 4 is 23.5 Å². The van der Waals surface area contributed by atoms with E-state index < -0.39 is 5.92 Å². The summed E-state index contributed by atoms with van der Waals surface area (Å²) in [6.45, 7) is 2.54. The van der Waals surface area contributed by atoms with Gasteiger partial charge >= 0.3 is 0 Å². The second kappa shape index (κ2) is 8.24. The predicted octanol–water partition coefficient (Wildman–Crippen LogP) is 1.53. The molecule has 3 rings (SSSR count). The van der Waals surface area contributed by atoms with Gasteiger partial charge in [-0.05, 0) is 25.1 Å². The van der Waals surface area contributed by atoms with Gasteiger partial charge < -0.3 is 19.9 Å². The van der Waals surface area contributed by atoms with E-state index >= 15 is 0 Å². The molecular formula is C20H25N5O3. The topological polar surface area (TPSA) is 87.7 Å². The number of ether oxygens (including phenoxy) is 1. The number of hydrogen-bond donors (Lipinski definition) is 1. The van der Waals surface area contributed by atoms with Crippen LogP contribution in [0.15, 0.2) is 30.3 Å². The third kappa shape index (κ3) is 4.39. The monoisotopic (exact) mass is 383 g/mol. The lowest BCUT2D eigenvalue weighted by Gasteiger charge is -2.17. The number of carbonyl (C=O) groups excluding carboxylic acids is 2. The zero-order valence-electron chi connectivity index (χ0n) is 16.6. The van der Waals surface area contributed by atoms with E-state index in [1.807, 2.05) is 50.2 Å². The number of aryl methyl sites for hydroxylation is 1. The molecule has 8 heteroatoms. The molecule has 1 saturated heterocycles. The second-order valence-corrected chi connectivity index (χ2v) is 7.02. The minimum Gasteiger partial charge on any atom is -0.497 e. The first-order chi connectivity index (χ1) is 13.4. The summed E-state index contributed by atoms with van der Waals surface area (Å²) in [7, 11) is 5.32. The van der Waals surface area contributed by atoms with Crippen LogP contribution in [0.1, 0.15) is 17.8 Å². The zero-order chi connectivity index (χ0) is 20.3. The van der Waals surface area contributed by atoms with Gasteiger partial charge in [-0.1, -0.05) is 6.07 Å². The van der Waals surface area contributed by atoms with E-state index in [-0.39, 0.29) is 18.2 Å². The van der Waals surface area contributed by atoms with Gasteiger partial charge in [0.05, 0.1) is 25.3 Å². The maximum Gasteiger partial charge on any atom is 0.227 e. The highest BCUT2D eigenvalue weighted by atomic mass is 16.5. The highest BCUT2D eigenvalue weighted by Crippen LogP contribution is 2.28. The Bertz CT molecular complexity index is 884. The Morgan fingerprint density at radius 1 is 1.32 bits per heavy atom. The van der Waals surface area contributed by atoms with Gasteiger partial charge in [-0.2, -0.15) is 0 Å². The third-order valence-corrected chi connectivity index (χ3v) is 4.60. The van der Waals surface area contributed by atoms with Crippen LogP contribution >= 0.6 is 0 Å². The molecule has 0 spiro atoms. The normalized spacial score (nSPS) is 16.2. The van der Waals surface area contributed by atoms with Gasteiger partial charge in [0.1, 0.15) is 5.75 Å². The number of rotatable bonds is 6. The lowest BCUT2D eigenvalue weighted by atomic mass is 10.1. The van der Waals surface area contributed by atoms with Crippen molar-refractivity contribution in [1.82, 2.24) is 15.3 Å². The number of hydrogen-bond acceptors (Lipinski definition) is 6. The lowest BCUT2D eigenvalue weighted by molar-refractivity contribution is -0.126.